The average Bonchev–Trinajstić information content (AvgIpc) is 2.68. The summed E-state index contributed by atoms with van der Waals surface area (Å²) in [7, 11) is -3.71. The number of nitrogens with zero attached hydrogens (tertiary/aromatic N) is 1. The molecule has 3 rings (SSSR count). The van der Waals surface area contributed by atoms with Crippen LogP contribution in [0.15, 0.2) is 59.5 Å². The third-order valence-corrected chi connectivity index (χ3v) is 6.43. The molecule has 6 nitrogen and oxygen atoms in total. The monoisotopic (exact) mass is 374 g/mol. The van der Waals surface area contributed by atoms with E-state index in [2.05, 4.69) is 5.32 Å². The second-order valence-corrected chi connectivity index (χ2v) is 8.22. The lowest BCUT2D eigenvalue weighted by atomic mass is 10.0. The molecular weight excluding hydrogens is 352 g/mol. The fraction of sp³-hybridized carbons (Fsp3) is 0.316. The summed E-state index contributed by atoms with van der Waals surface area (Å²) in [5.74, 6) is -0.134. The summed E-state index contributed by atoms with van der Waals surface area (Å²) in [6.07, 6.45) is 2.07. The minimum Gasteiger partial charge on any atom is -0.508 e. The van der Waals surface area contributed by atoms with E-state index in [-0.39, 0.29) is 23.1 Å². The molecule has 0 aliphatic carbocycles. The summed E-state index contributed by atoms with van der Waals surface area (Å²) in [6.45, 7) is 0.628. The lowest BCUT2D eigenvalue weighted by Crippen LogP contribution is -2.51. The molecule has 26 heavy (non-hydrogen) atoms. The number of phenols is 1. The molecule has 0 aromatic heterocycles. The number of aromatic hydroxyl groups is 1. The van der Waals surface area contributed by atoms with Crippen LogP contribution in [0.5, 0.6) is 5.75 Å². The SMILES string of the molecule is O=C(NCc1ccc(O)cc1)[C@@H]1CCCCN1S(=O)(=O)c1ccccc1. The van der Waals surface area contributed by atoms with Gasteiger partial charge in [-0.05, 0) is 42.7 Å². The van der Waals surface area contributed by atoms with E-state index in [1.54, 1.807) is 54.6 Å². The van der Waals surface area contributed by atoms with E-state index in [9.17, 15) is 18.3 Å². The zero-order valence-corrected chi connectivity index (χ0v) is 15.2. The molecule has 0 bridgehead atoms. The maximum atomic E-state index is 12.9. The lowest BCUT2D eigenvalue weighted by molar-refractivity contribution is -0.125. The highest BCUT2D eigenvalue weighted by Crippen LogP contribution is 2.25. The van der Waals surface area contributed by atoms with E-state index in [0.29, 0.717) is 13.0 Å². The van der Waals surface area contributed by atoms with Crippen molar-refractivity contribution in [3.05, 3.63) is 60.2 Å². The molecular formula is C19H22N2O4S. The molecule has 1 aliphatic rings. The number of phenolic OH excluding ortho intramolecular Hbond substituents is 1. The molecule has 0 saturated carbocycles. The van der Waals surface area contributed by atoms with Gasteiger partial charge in [0.1, 0.15) is 11.8 Å². The highest BCUT2D eigenvalue weighted by Gasteiger charge is 2.37. The van der Waals surface area contributed by atoms with Gasteiger partial charge >= 0.3 is 0 Å². The third kappa shape index (κ3) is 4.05. The van der Waals surface area contributed by atoms with Crippen molar-refractivity contribution in [3.8, 4) is 5.75 Å². The van der Waals surface area contributed by atoms with Crippen molar-refractivity contribution in [2.24, 2.45) is 0 Å². The predicted molar refractivity (Wildman–Crippen MR) is 97.9 cm³/mol. The molecule has 2 N–H and O–H groups in total. The van der Waals surface area contributed by atoms with Crippen LogP contribution in [-0.2, 0) is 21.4 Å². The van der Waals surface area contributed by atoms with Crippen LogP contribution in [0.3, 0.4) is 0 Å². The highest BCUT2D eigenvalue weighted by atomic mass is 32.2. The number of sulfonamides is 1. The van der Waals surface area contributed by atoms with Gasteiger partial charge in [-0.2, -0.15) is 4.31 Å². The van der Waals surface area contributed by atoms with Gasteiger partial charge < -0.3 is 10.4 Å². The van der Waals surface area contributed by atoms with Crippen LogP contribution in [0.2, 0.25) is 0 Å². The van der Waals surface area contributed by atoms with Gasteiger partial charge in [-0.3, -0.25) is 4.79 Å². The largest absolute Gasteiger partial charge is 0.508 e. The summed E-state index contributed by atoms with van der Waals surface area (Å²) < 4.78 is 27.2. The quantitative estimate of drug-likeness (QED) is 0.840. The third-order valence-electron chi connectivity index (χ3n) is 4.51. The number of benzene rings is 2. The predicted octanol–water partition coefficient (Wildman–Crippen LogP) is 2.25. The summed E-state index contributed by atoms with van der Waals surface area (Å²) in [6, 6.07) is 14.0. The van der Waals surface area contributed by atoms with E-state index in [4.69, 9.17) is 0 Å². The Kier molecular flexibility index (Phi) is 5.58. The standard InChI is InChI=1S/C19H22N2O4S/c22-16-11-9-15(10-12-16)14-20-19(23)18-8-4-5-13-21(18)26(24,25)17-6-2-1-3-7-17/h1-3,6-7,9-12,18,22H,4-5,8,13-14H2,(H,20,23)/t18-/m0/s1. The summed E-state index contributed by atoms with van der Waals surface area (Å²) in [5.41, 5.74) is 0.837. The van der Waals surface area contributed by atoms with Crippen LogP contribution >= 0.6 is 0 Å². The van der Waals surface area contributed by atoms with E-state index in [0.717, 1.165) is 18.4 Å². The van der Waals surface area contributed by atoms with Gasteiger partial charge in [0.25, 0.3) is 0 Å². The maximum absolute atomic E-state index is 12.9. The molecule has 1 amide bonds. The summed E-state index contributed by atoms with van der Waals surface area (Å²) >= 11 is 0. The molecule has 1 heterocycles. The summed E-state index contributed by atoms with van der Waals surface area (Å²) in [5, 5.41) is 12.1. The van der Waals surface area contributed by atoms with Crippen molar-refractivity contribution in [2.45, 2.75) is 36.7 Å². The maximum Gasteiger partial charge on any atom is 0.243 e. The Hall–Kier alpha value is -2.38. The number of hydrogen-bond acceptors (Lipinski definition) is 4. The average molecular weight is 374 g/mol. The minimum atomic E-state index is -3.71. The fourth-order valence-electron chi connectivity index (χ4n) is 3.10. The Bertz CT molecular complexity index is 851. The van der Waals surface area contributed by atoms with Crippen LogP contribution in [0.4, 0.5) is 0 Å². The number of carbonyl (C=O) groups excluding carboxylic acids is 1. The fourth-order valence-corrected chi connectivity index (χ4v) is 4.78. The van der Waals surface area contributed by atoms with Gasteiger partial charge in [0.15, 0.2) is 0 Å². The topological polar surface area (TPSA) is 86.7 Å². The van der Waals surface area contributed by atoms with Gasteiger partial charge in [0.2, 0.25) is 15.9 Å². The van der Waals surface area contributed by atoms with Crippen LogP contribution < -0.4 is 5.32 Å². The number of amides is 1. The second kappa shape index (κ2) is 7.88. The lowest BCUT2D eigenvalue weighted by Gasteiger charge is -2.33. The second-order valence-electron chi connectivity index (χ2n) is 6.32. The molecule has 7 heteroatoms. The van der Waals surface area contributed by atoms with Crippen LogP contribution in [0.1, 0.15) is 24.8 Å². The highest BCUT2D eigenvalue weighted by molar-refractivity contribution is 7.89. The van der Waals surface area contributed by atoms with Gasteiger partial charge in [0.05, 0.1) is 4.90 Å². The Morgan fingerprint density at radius 3 is 2.46 bits per heavy atom. The van der Waals surface area contributed by atoms with E-state index in [1.165, 1.54) is 4.31 Å². The number of piperidine rings is 1. The number of hydrogen-bond donors (Lipinski definition) is 2. The van der Waals surface area contributed by atoms with Crippen molar-refractivity contribution in [3.63, 3.8) is 0 Å². The molecule has 1 fully saturated rings. The first-order valence-corrected chi connectivity index (χ1v) is 10.0. The van der Waals surface area contributed by atoms with Gasteiger partial charge in [-0.1, -0.05) is 36.8 Å². The van der Waals surface area contributed by atoms with Crippen molar-refractivity contribution in [1.82, 2.24) is 9.62 Å². The van der Waals surface area contributed by atoms with E-state index in [1.807, 2.05) is 0 Å². The van der Waals surface area contributed by atoms with Gasteiger partial charge in [-0.25, -0.2) is 8.42 Å². The van der Waals surface area contributed by atoms with Crippen molar-refractivity contribution < 1.29 is 18.3 Å². The molecule has 0 unspecified atom stereocenters. The van der Waals surface area contributed by atoms with Crippen LogP contribution in [0.25, 0.3) is 0 Å². The van der Waals surface area contributed by atoms with E-state index >= 15 is 0 Å². The normalized spacial score (nSPS) is 18.4. The minimum absolute atomic E-state index is 0.160. The molecule has 1 atom stereocenters. The Labute approximate surface area is 153 Å². The van der Waals surface area contributed by atoms with Crippen LogP contribution in [-0.4, -0.2) is 36.3 Å². The first kappa shape index (κ1) is 18.4. The number of nitrogens with one attached hydrogen (secondary N) is 1. The Morgan fingerprint density at radius 1 is 1.08 bits per heavy atom. The molecule has 0 spiro atoms. The van der Waals surface area contributed by atoms with Crippen molar-refractivity contribution in [2.75, 3.05) is 6.54 Å². The zero-order chi connectivity index (χ0) is 18.6. The number of carbonyl (C=O) groups is 1. The Balaban J connectivity index is 1.74. The molecule has 1 saturated heterocycles. The molecule has 138 valence electrons. The first-order valence-electron chi connectivity index (χ1n) is 8.61. The van der Waals surface area contributed by atoms with E-state index < -0.39 is 16.1 Å². The van der Waals surface area contributed by atoms with Gasteiger partial charge in [0, 0.05) is 13.1 Å². The van der Waals surface area contributed by atoms with Crippen molar-refractivity contribution >= 4 is 15.9 Å². The van der Waals surface area contributed by atoms with Gasteiger partial charge in [-0.15, -0.1) is 0 Å². The molecule has 2 aromatic carbocycles. The first-order chi connectivity index (χ1) is 12.5. The zero-order valence-electron chi connectivity index (χ0n) is 14.3. The molecule has 0 radical (unpaired) electrons. The van der Waals surface area contributed by atoms with Crippen LogP contribution in [0, 0.1) is 0 Å². The summed E-state index contributed by atoms with van der Waals surface area (Å²) in [4.78, 5) is 12.9. The molecule has 1 aliphatic heterocycles. The molecule has 2 aromatic rings. The van der Waals surface area contributed by atoms with Crippen molar-refractivity contribution in [1.29, 1.82) is 0 Å². The smallest absolute Gasteiger partial charge is 0.243 e. The Morgan fingerprint density at radius 2 is 1.77 bits per heavy atom. The number of rotatable bonds is 5.